The zero-order valence-electron chi connectivity index (χ0n) is 24.0. The number of carboxylic acid groups (broad SMARTS) is 1. The molecule has 0 aliphatic heterocycles. The smallest absolute Gasteiger partial charge is 0.306 e. The number of benzene rings is 2. The van der Waals surface area contributed by atoms with Crippen LogP contribution in [-0.4, -0.2) is 33.7 Å². The Hall–Kier alpha value is -3.94. The van der Waals surface area contributed by atoms with Gasteiger partial charge in [0.2, 0.25) is 0 Å². The number of methoxy groups -OCH3 is 1. The lowest BCUT2D eigenvalue weighted by molar-refractivity contribution is -0.142. The largest absolute Gasteiger partial charge is 0.494 e. The van der Waals surface area contributed by atoms with Crippen molar-refractivity contribution in [3.05, 3.63) is 75.7 Å². The summed E-state index contributed by atoms with van der Waals surface area (Å²) in [4.78, 5) is 37.3. The van der Waals surface area contributed by atoms with Crippen molar-refractivity contribution >= 4 is 17.4 Å². The van der Waals surface area contributed by atoms with E-state index < -0.39 is 11.9 Å². The van der Waals surface area contributed by atoms with Gasteiger partial charge in [0.15, 0.2) is 5.75 Å². The summed E-state index contributed by atoms with van der Waals surface area (Å²) < 4.78 is 6.56. The molecule has 0 bridgehead atoms. The minimum Gasteiger partial charge on any atom is -0.494 e. The maximum Gasteiger partial charge on any atom is 0.306 e. The topological polar surface area (TPSA) is 125 Å². The second-order valence-electron chi connectivity index (χ2n) is 10.5. The molecule has 0 amide bonds. The van der Waals surface area contributed by atoms with E-state index in [0.717, 1.165) is 30.5 Å². The summed E-state index contributed by atoms with van der Waals surface area (Å²) in [5.74, 6) is -0.623. The molecule has 3 rings (SSSR count). The second-order valence-corrected chi connectivity index (χ2v) is 10.5. The molecule has 0 saturated heterocycles. The van der Waals surface area contributed by atoms with Crippen molar-refractivity contribution < 1.29 is 19.4 Å². The van der Waals surface area contributed by atoms with Gasteiger partial charge in [0.25, 0.3) is 5.56 Å². The summed E-state index contributed by atoms with van der Waals surface area (Å²) in [6.07, 6.45) is 6.47. The molecule has 1 heterocycles. The molecule has 3 aromatic rings. The van der Waals surface area contributed by atoms with Crippen LogP contribution in [0.15, 0.2) is 53.5 Å². The van der Waals surface area contributed by atoms with Crippen molar-refractivity contribution in [1.29, 1.82) is 0 Å². The number of aromatic nitrogens is 2. The molecule has 1 aromatic heterocycles. The zero-order chi connectivity index (χ0) is 29.2. The maximum absolute atomic E-state index is 12.7. The molecular weight excluding hydrogens is 506 g/mol. The highest BCUT2D eigenvalue weighted by Gasteiger charge is 2.20. The monoisotopic (exact) mass is 547 g/mol. The van der Waals surface area contributed by atoms with Gasteiger partial charge in [-0.15, -0.1) is 0 Å². The first-order valence-corrected chi connectivity index (χ1v) is 13.9. The fourth-order valence-corrected chi connectivity index (χ4v) is 5.26. The number of carbonyl (C=O) groups excluding carboxylic acids is 1. The number of Topliss-reactive ketones (excluding diaryl/α,β-unsaturated/α-hetero) is 1. The Labute approximate surface area is 236 Å². The van der Waals surface area contributed by atoms with Crippen LogP contribution in [0.1, 0.15) is 74.5 Å². The highest BCUT2D eigenvalue weighted by atomic mass is 16.5. The second kappa shape index (κ2) is 14.4. The van der Waals surface area contributed by atoms with Gasteiger partial charge in [0, 0.05) is 25.6 Å². The van der Waals surface area contributed by atoms with E-state index in [1.807, 2.05) is 30.3 Å². The fourth-order valence-electron chi connectivity index (χ4n) is 5.26. The van der Waals surface area contributed by atoms with Gasteiger partial charge in [-0.2, -0.15) is 5.10 Å². The number of nitrogen functional groups attached to an aromatic ring is 1. The predicted molar refractivity (Wildman–Crippen MR) is 158 cm³/mol. The van der Waals surface area contributed by atoms with Crippen molar-refractivity contribution in [2.45, 2.75) is 71.1 Å². The molecule has 0 aliphatic carbocycles. The Morgan fingerprint density at radius 2 is 1.80 bits per heavy atom. The lowest BCUT2D eigenvalue weighted by Gasteiger charge is -2.19. The van der Waals surface area contributed by atoms with Crippen LogP contribution in [-0.2, 0) is 23.1 Å². The van der Waals surface area contributed by atoms with Gasteiger partial charge in [-0.05, 0) is 79.3 Å². The van der Waals surface area contributed by atoms with Gasteiger partial charge in [0.05, 0.1) is 24.8 Å². The summed E-state index contributed by atoms with van der Waals surface area (Å²) in [5.41, 5.74) is 10.8. The van der Waals surface area contributed by atoms with Crippen LogP contribution in [0.2, 0.25) is 0 Å². The minimum atomic E-state index is -0.874. The molecule has 0 fully saturated rings. The number of hydrogen-bond donors (Lipinski definition) is 2. The summed E-state index contributed by atoms with van der Waals surface area (Å²) >= 11 is 0. The van der Waals surface area contributed by atoms with Crippen LogP contribution < -0.4 is 16.0 Å². The van der Waals surface area contributed by atoms with E-state index in [4.69, 9.17) is 10.5 Å². The summed E-state index contributed by atoms with van der Waals surface area (Å²) in [7, 11) is 3.06. The SMILES string of the molecule is CCCC(CCC(=O)CCC[C@@H](Cc1ccc(-c2c(OC)cnn(C)c2=O)cc1)C(=O)O)c1cc(N)ccc1C. The van der Waals surface area contributed by atoms with Crippen LogP contribution in [0.25, 0.3) is 11.1 Å². The van der Waals surface area contributed by atoms with Crippen molar-refractivity contribution in [2.24, 2.45) is 13.0 Å². The Morgan fingerprint density at radius 1 is 1.07 bits per heavy atom. The first kappa shape index (κ1) is 30.6. The average Bonchev–Trinajstić information content (AvgIpc) is 2.93. The van der Waals surface area contributed by atoms with Gasteiger partial charge >= 0.3 is 5.97 Å². The number of nitrogens with zero attached hydrogens (tertiary/aromatic N) is 2. The molecule has 1 unspecified atom stereocenters. The molecule has 2 aromatic carbocycles. The molecule has 214 valence electrons. The Balaban J connectivity index is 1.56. The van der Waals surface area contributed by atoms with Gasteiger partial charge in [-0.3, -0.25) is 14.4 Å². The summed E-state index contributed by atoms with van der Waals surface area (Å²) in [5, 5.41) is 13.8. The van der Waals surface area contributed by atoms with Crippen LogP contribution >= 0.6 is 0 Å². The standard InChI is InChI=1S/C32H41N3O5/c1-5-7-23(28-19-26(33)16-10-21(28)2)15-17-27(36)9-6-8-25(32(38)39)18-22-11-13-24(14-12-22)30-29(40-4)20-34-35(3)31(30)37/h10-14,16,19-20,23,25H,5-9,15,17-18,33H2,1-4H3,(H,38,39)/t23?,25-/m0/s1. The highest BCUT2D eigenvalue weighted by Crippen LogP contribution is 2.31. The number of aryl methyl sites for hydroxylation is 2. The number of ketones is 1. The first-order valence-electron chi connectivity index (χ1n) is 13.9. The number of carbonyl (C=O) groups is 2. The maximum atomic E-state index is 12.7. The summed E-state index contributed by atoms with van der Waals surface area (Å²) in [6.45, 7) is 4.23. The van der Waals surface area contributed by atoms with Crippen molar-refractivity contribution in [2.75, 3.05) is 12.8 Å². The van der Waals surface area contributed by atoms with E-state index in [2.05, 4.69) is 18.9 Å². The molecule has 8 heteroatoms. The minimum absolute atomic E-state index is 0.170. The molecular formula is C32H41N3O5. The van der Waals surface area contributed by atoms with E-state index in [-0.39, 0.29) is 11.3 Å². The quantitative estimate of drug-likeness (QED) is 0.234. The number of rotatable bonds is 15. The van der Waals surface area contributed by atoms with Crippen LogP contribution in [0, 0.1) is 12.8 Å². The van der Waals surface area contributed by atoms with E-state index >= 15 is 0 Å². The number of ether oxygens (including phenoxy) is 1. The number of nitrogens with two attached hydrogens (primary N) is 1. The third-order valence-corrected chi connectivity index (χ3v) is 7.56. The Kier molecular flexibility index (Phi) is 11.1. The molecule has 0 aliphatic rings. The number of carboxylic acids is 1. The van der Waals surface area contributed by atoms with Gasteiger partial charge in [-0.25, -0.2) is 4.68 Å². The Bertz CT molecular complexity index is 1360. The number of anilines is 1. The number of hydrogen-bond acceptors (Lipinski definition) is 6. The molecule has 3 N–H and O–H groups in total. The predicted octanol–water partition coefficient (Wildman–Crippen LogP) is 5.69. The molecule has 0 saturated carbocycles. The van der Waals surface area contributed by atoms with Crippen LogP contribution in [0.4, 0.5) is 5.69 Å². The average molecular weight is 548 g/mol. The lowest BCUT2D eigenvalue weighted by Crippen LogP contribution is -2.21. The van der Waals surface area contributed by atoms with Crippen molar-refractivity contribution in [3.8, 4) is 16.9 Å². The molecule has 0 radical (unpaired) electrons. The highest BCUT2D eigenvalue weighted by molar-refractivity contribution is 5.78. The number of aliphatic carboxylic acids is 1. The van der Waals surface area contributed by atoms with E-state index in [9.17, 15) is 19.5 Å². The third kappa shape index (κ3) is 8.04. The Morgan fingerprint density at radius 3 is 2.45 bits per heavy atom. The molecule has 40 heavy (non-hydrogen) atoms. The van der Waals surface area contributed by atoms with E-state index in [1.54, 1.807) is 19.2 Å². The molecule has 0 spiro atoms. The molecule has 2 atom stereocenters. The summed E-state index contributed by atoms with van der Waals surface area (Å²) in [6, 6.07) is 13.2. The zero-order valence-corrected chi connectivity index (χ0v) is 24.0. The third-order valence-electron chi connectivity index (χ3n) is 7.56. The van der Waals surface area contributed by atoms with Crippen molar-refractivity contribution in [1.82, 2.24) is 9.78 Å². The van der Waals surface area contributed by atoms with Gasteiger partial charge < -0.3 is 15.6 Å². The lowest BCUT2D eigenvalue weighted by atomic mass is 9.86. The van der Waals surface area contributed by atoms with E-state index in [1.165, 1.54) is 29.1 Å². The molecule has 8 nitrogen and oxygen atoms in total. The normalized spacial score (nSPS) is 12.6. The van der Waals surface area contributed by atoms with Gasteiger partial charge in [0.1, 0.15) is 5.78 Å². The van der Waals surface area contributed by atoms with Gasteiger partial charge in [-0.1, -0.05) is 43.7 Å². The van der Waals surface area contributed by atoms with Crippen LogP contribution in [0.3, 0.4) is 0 Å². The van der Waals surface area contributed by atoms with E-state index in [0.29, 0.717) is 54.9 Å². The van der Waals surface area contributed by atoms with Crippen LogP contribution in [0.5, 0.6) is 5.75 Å². The fraction of sp³-hybridized carbons (Fsp3) is 0.438. The van der Waals surface area contributed by atoms with Crippen molar-refractivity contribution in [3.63, 3.8) is 0 Å². The first-order chi connectivity index (χ1) is 19.1.